The monoisotopic (exact) mass is 324 g/mol. The maximum atomic E-state index is 11.6. The summed E-state index contributed by atoms with van der Waals surface area (Å²) in [5.41, 5.74) is -0.0150. The first-order valence-corrected chi connectivity index (χ1v) is 7.23. The highest BCUT2D eigenvalue weighted by Crippen LogP contribution is 2.17. The maximum absolute atomic E-state index is 11.6. The fourth-order valence-corrected chi connectivity index (χ4v) is 1.72. The summed E-state index contributed by atoms with van der Waals surface area (Å²) in [6.45, 7) is 3.81. The highest BCUT2D eigenvalue weighted by molar-refractivity contribution is 6.36. The first kappa shape index (κ1) is 18.4. The lowest BCUT2D eigenvalue weighted by Crippen LogP contribution is -2.21. The van der Waals surface area contributed by atoms with E-state index in [1.807, 2.05) is 0 Å². The minimum absolute atomic E-state index is 0.00446. The predicted octanol–water partition coefficient (Wildman–Crippen LogP) is 2.93. The van der Waals surface area contributed by atoms with E-state index < -0.39 is 10.9 Å². The lowest BCUT2D eigenvalue weighted by molar-refractivity contribution is -0.384. The number of carbonyl (C=O) groups excluding carboxylic acids is 1. The molecule has 0 atom stereocenters. The fraction of sp³-hybridized carbons (Fsp3) is 0.467. The van der Waals surface area contributed by atoms with E-state index >= 15 is 0 Å². The minimum atomic E-state index is -0.626. The summed E-state index contributed by atoms with van der Waals surface area (Å²) in [7, 11) is 0. The van der Waals surface area contributed by atoms with Crippen molar-refractivity contribution in [2.75, 3.05) is 6.61 Å². The standard InChI is InChI=1S/C15H20N2O6/c1-11(2)23-15(18)14(16-19)5-3-4-10-22-13-8-6-12(7-9-13)17(20)21/h6-9,11,19H,3-5,10H2,1-2H3/b16-14+. The van der Waals surface area contributed by atoms with E-state index in [1.54, 1.807) is 13.8 Å². The second kappa shape index (κ2) is 9.39. The van der Waals surface area contributed by atoms with E-state index in [-0.39, 0.29) is 23.9 Å². The SMILES string of the molecule is CC(C)OC(=O)/C(CCCCOc1ccc([N+](=O)[O-])cc1)=N/O. The topological polar surface area (TPSA) is 111 Å². The number of hydrogen-bond acceptors (Lipinski definition) is 7. The number of nitro benzene ring substituents is 1. The number of unbranched alkanes of at least 4 members (excludes halogenated alkanes) is 1. The van der Waals surface area contributed by atoms with Crippen molar-refractivity contribution in [1.82, 2.24) is 0 Å². The number of benzene rings is 1. The van der Waals surface area contributed by atoms with E-state index in [1.165, 1.54) is 24.3 Å². The molecular weight excluding hydrogens is 304 g/mol. The highest BCUT2D eigenvalue weighted by Gasteiger charge is 2.15. The Hall–Kier alpha value is -2.64. The third kappa shape index (κ3) is 6.77. The molecule has 0 heterocycles. The molecule has 1 aromatic rings. The molecule has 0 bridgehead atoms. The molecule has 8 nitrogen and oxygen atoms in total. The van der Waals surface area contributed by atoms with Gasteiger partial charge in [0, 0.05) is 18.6 Å². The Kier molecular flexibility index (Phi) is 7.52. The lowest BCUT2D eigenvalue weighted by Gasteiger charge is -2.09. The van der Waals surface area contributed by atoms with Crippen LogP contribution >= 0.6 is 0 Å². The van der Waals surface area contributed by atoms with Crippen LogP contribution in [0.5, 0.6) is 5.75 Å². The smallest absolute Gasteiger partial charge is 0.356 e. The highest BCUT2D eigenvalue weighted by atomic mass is 16.6. The van der Waals surface area contributed by atoms with Gasteiger partial charge in [-0.3, -0.25) is 10.1 Å². The van der Waals surface area contributed by atoms with Crippen LogP contribution in [0.3, 0.4) is 0 Å². The number of oxime groups is 1. The molecule has 0 aliphatic carbocycles. The van der Waals surface area contributed by atoms with Gasteiger partial charge >= 0.3 is 5.97 Å². The first-order chi connectivity index (χ1) is 10.9. The summed E-state index contributed by atoms with van der Waals surface area (Å²) >= 11 is 0. The second-order valence-corrected chi connectivity index (χ2v) is 5.06. The van der Waals surface area contributed by atoms with Crippen molar-refractivity contribution in [3.8, 4) is 5.75 Å². The number of rotatable bonds is 9. The van der Waals surface area contributed by atoms with Gasteiger partial charge < -0.3 is 14.7 Å². The Balaban J connectivity index is 2.29. The lowest BCUT2D eigenvalue weighted by atomic mass is 10.1. The Morgan fingerprint density at radius 3 is 2.48 bits per heavy atom. The van der Waals surface area contributed by atoms with Gasteiger partial charge in [0.25, 0.3) is 5.69 Å². The zero-order valence-electron chi connectivity index (χ0n) is 13.1. The van der Waals surface area contributed by atoms with Crippen molar-refractivity contribution >= 4 is 17.4 Å². The van der Waals surface area contributed by atoms with Gasteiger partial charge in [0.15, 0.2) is 5.71 Å². The summed E-state index contributed by atoms with van der Waals surface area (Å²) in [5.74, 6) is -0.0929. The van der Waals surface area contributed by atoms with Crippen LogP contribution in [0.15, 0.2) is 29.4 Å². The third-order valence-electron chi connectivity index (χ3n) is 2.82. The quantitative estimate of drug-likeness (QED) is 0.187. The number of carbonyl (C=O) groups is 1. The molecule has 0 unspecified atom stereocenters. The molecule has 8 heteroatoms. The average Bonchev–Trinajstić information content (AvgIpc) is 2.50. The largest absolute Gasteiger partial charge is 0.494 e. The van der Waals surface area contributed by atoms with Crippen LogP contribution in [0.4, 0.5) is 5.69 Å². The average molecular weight is 324 g/mol. The minimum Gasteiger partial charge on any atom is -0.494 e. The van der Waals surface area contributed by atoms with Crippen molar-refractivity contribution < 1.29 is 24.4 Å². The number of hydrogen-bond donors (Lipinski definition) is 1. The number of nitro groups is 1. The van der Waals surface area contributed by atoms with E-state index in [4.69, 9.17) is 14.7 Å². The summed E-state index contributed by atoms with van der Waals surface area (Å²) in [5, 5.41) is 22.3. The second-order valence-electron chi connectivity index (χ2n) is 5.06. The van der Waals surface area contributed by atoms with Gasteiger partial charge in [-0.15, -0.1) is 0 Å². The van der Waals surface area contributed by atoms with Gasteiger partial charge in [0.1, 0.15) is 5.75 Å². The van der Waals surface area contributed by atoms with Crippen LogP contribution in [0, 0.1) is 10.1 Å². The van der Waals surface area contributed by atoms with Crippen LogP contribution in [0.2, 0.25) is 0 Å². The van der Waals surface area contributed by atoms with E-state index in [9.17, 15) is 14.9 Å². The third-order valence-corrected chi connectivity index (χ3v) is 2.82. The molecule has 0 spiro atoms. The molecule has 0 saturated carbocycles. The van der Waals surface area contributed by atoms with Crippen LogP contribution in [0.1, 0.15) is 33.1 Å². The summed E-state index contributed by atoms with van der Waals surface area (Å²) in [4.78, 5) is 21.6. The van der Waals surface area contributed by atoms with Crippen molar-refractivity contribution in [2.45, 2.75) is 39.2 Å². The molecule has 0 radical (unpaired) electrons. The molecule has 1 aromatic carbocycles. The van der Waals surface area contributed by atoms with Crippen molar-refractivity contribution in [3.05, 3.63) is 34.4 Å². The molecule has 1 N–H and O–H groups in total. The number of ether oxygens (including phenoxy) is 2. The zero-order valence-corrected chi connectivity index (χ0v) is 13.1. The number of nitrogens with zero attached hydrogens (tertiary/aromatic N) is 2. The van der Waals surface area contributed by atoms with Gasteiger partial charge in [0.05, 0.1) is 17.6 Å². The molecule has 1 rings (SSSR count). The van der Waals surface area contributed by atoms with Gasteiger partial charge in [0.2, 0.25) is 0 Å². The summed E-state index contributed by atoms with van der Waals surface area (Å²) in [6, 6.07) is 5.79. The van der Waals surface area contributed by atoms with Gasteiger partial charge in [-0.2, -0.15) is 0 Å². The van der Waals surface area contributed by atoms with Crippen LogP contribution in [-0.4, -0.2) is 34.5 Å². The van der Waals surface area contributed by atoms with Crippen molar-refractivity contribution in [1.29, 1.82) is 0 Å². The fourth-order valence-electron chi connectivity index (χ4n) is 1.72. The van der Waals surface area contributed by atoms with Gasteiger partial charge in [-0.05, 0) is 38.8 Å². The van der Waals surface area contributed by atoms with Crippen molar-refractivity contribution in [3.63, 3.8) is 0 Å². The number of non-ortho nitro benzene ring substituents is 1. The molecule has 0 amide bonds. The number of esters is 1. The summed E-state index contributed by atoms with van der Waals surface area (Å²) < 4.78 is 10.4. The Morgan fingerprint density at radius 1 is 1.30 bits per heavy atom. The normalized spacial score (nSPS) is 11.3. The van der Waals surface area contributed by atoms with Gasteiger partial charge in [-0.25, -0.2) is 4.79 Å². The Bertz CT molecular complexity index is 554. The first-order valence-electron chi connectivity index (χ1n) is 7.23. The Labute approximate surface area is 133 Å². The van der Waals surface area contributed by atoms with Crippen LogP contribution in [0.25, 0.3) is 0 Å². The molecule has 0 aliphatic rings. The molecule has 23 heavy (non-hydrogen) atoms. The molecule has 0 fully saturated rings. The van der Waals surface area contributed by atoms with Gasteiger partial charge in [-0.1, -0.05) is 5.16 Å². The maximum Gasteiger partial charge on any atom is 0.356 e. The molecule has 0 saturated heterocycles. The molecule has 126 valence electrons. The van der Waals surface area contributed by atoms with Crippen LogP contribution < -0.4 is 4.74 Å². The summed E-state index contributed by atoms with van der Waals surface area (Å²) in [6.07, 6.45) is 1.22. The van der Waals surface area contributed by atoms with E-state index in [0.717, 1.165) is 0 Å². The Morgan fingerprint density at radius 2 is 1.96 bits per heavy atom. The molecule has 0 aromatic heterocycles. The van der Waals surface area contributed by atoms with Crippen LogP contribution in [-0.2, 0) is 9.53 Å². The molecular formula is C15H20N2O6. The zero-order chi connectivity index (χ0) is 17.2. The van der Waals surface area contributed by atoms with E-state index in [0.29, 0.717) is 25.2 Å². The van der Waals surface area contributed by atoms with Crippen molar-refractivity contribution in [2.24, 2.45) is 5.16 Å². The predicted molar refractivity (Wildman–Crippen MR) is 82.9 cm³/mol. The molecule has 0 aliphatic heterocycles. The van der Waals surface area contributed by atoms with E-state index in [2.05, 4.69) is 5.16 Å².